The van der Waals surface area contributed by atoms with Crippen molar-refractivity contribution in [3.05, 3.63) is 0 Å². The van der Waals surface area contributed by atoms with E-state index in [1.807, 2.05) is 20.8 Å². The van der Waals surface area contributed by atoms with Gasteiger partial charge in [0.15, 0.2) is 0 Å². The van der Waals surface area contributed by atoms with Crippen LogP contribution < -0.4 is 10.6 Å². The van der Waals surface area contributed by atoms with Crippen LogP contribution in [0.1, 0.15) is 40.0 Å². The largest absolute Gasteiger partial charge is 0.350 e. The van der Waals surface area contributed by atoms with E-state index in [1.54, 1.807) is 0 Å². The molecule has 4 nitrogen and oxygen atoms in total. The fourth-order valence-electron chi connectivity index (χ4n) is 2.10. The standard InChI is InChI=1S/C13H27N3O/c1-13(2,3)15-12(17)11-14-7-6-10-16-8-4-5-9-16/h14H,4-11H2,1-3H3,(H,15,17). The number of likely N-dealkylation sites (tertiary alicyclic amines) is 1. The van der Waals surface area contributed by atoms with Gasteiger partial charge in [-0.25, -0.2) is 0 Å². The molecule has 1 saturated heterocycles. The predicted molar refractivity (Wildman–Crippen MR) is 71.1 cm³/mol. The molecule has 0 bridgehead atoms. The maximum Gasteiger partial charge on any atom is 0.234 e. The Labute approximate surface area is 105 Å². The van der Waals surface area contributed by atoms with Crippen LogP contribution in [0.4, 0.5) is 0 Å². The Hall–Kier alpha value is -0.610. The van der Waals surface area contributed by atoms with E-state index in [2.05, 4.69) is 15.5 Å². The molecular weight excluding hydrogens is 214 g/mol. The SMILES string of the molecule is CC(C)(C)NC(=O)CNCCCN1CCCC1. The van der Waals surface area contributed by atoms with Gasteiger partial charge in [-0.1, -0.05) is 0 Å². The molecular formula is C13H27N3O. The van der Waals surface area contributed by atoms with Crippen molar-refractivity contribution in [1.82, 2.24) is 15.5 Å². The van der Waals surface area contributed by atoms with Crippen molar-refractivity contribution in [2.45, 2.75) is 45.6 Å². The molecule has 4 heteroatoms. The van der Waals surface area contributed by atoms with Crippen LogP contribution in [-0.2, 0) is 4.79 Å². The Morgan fingerprint density at radius 1 is 1.24 bits per heavy atom. The van der Waals surface area contributed by atoms with Crippen LogP contribution >= 0.6 is 0 Å². The van der Waals surface area contributed by atoms with E-state index in [-0.39, 0.29) is 11.4 Å². The Kier molecular flexibility index (Phi) is 5.92. The molecule has 0 aromatic heterocycles. The molecule has 1 heterocycles. The minimum absolute atomic E-state index is 0.0821. The molecule has 1 aliphatic rings. The molecule has 0 atom stereocenters. The molecule has 0 saturated carbocycles. The monoisotopic (exact) mass is 241 g/mol. The van der Waals surface area contributed by atoms with Crippen LogP contribution in [0.15, 0.2) is 0 Å². The van der Waals surface area contributed by atoms with E-state index in [9.17, 15) is 4.79 Å². The molecule has 17 heavy (non-hydrogen) atoms. The molecule has 1 rings (SSSR count). The quantitative estimate of drug-likeness (QED) is 0.681. The van der Waals surface area contributed by atoms with E-state index in [0.29, 0.717) is 6.54 Å². The van der Waals surface area contributed by atoms with Crippen LogP contribution in [0, 0.1) is 0 Å². The first-order valence-electron chi connectivity index (χ1n) is 6.71. The smallest absolute Gasteiger partial charge is 0.234 e. The van der Waals surface area contributed by atoms with Crippen molar-refractivity contribution in [3.8, 4) is 0 Å². The summed E-state index contributed by atoms with van der Waals surface area (Å²) in [5, 5.41) is 6.13. The van der Waals surface area contributed by atoms with E-state index < -0.39 is 0 Å². The van der Waals surface area contributed by atoms with Crippen LogP contribution in [0.5, 0.6) is 0 Å². The molecule has 0 unspecified atom stereocenters. The summed E-state index contributed by atoms with van der Waals surface area (Å²) in [5.74, 6) is 0.0821. The topological polar surface area (TPSA) is 44.4 Å². The highest BCUT2D eigenvalue weighted by Crippen LogP contribution is 2.06. The minimum atomic E-state index is -0.131. The zero-order valence-corrected chi connectivity index (χ0v) is 11.5. The second-order valence-corrected chi connectivity index (χ2v) is 5.88. The average Bonchev–Trinajstić information content (AvgIpc) is 2.67. The third-order valence-corrected chi connectivity index (χ3v) is 2.83. The fraction of sp³-hybridized carbons (Fsp3) is 0.923. The second kappa shape index (κ2) is 6.97. The van der Waals surface area contributed by atoms with Gasteiger partial charge in [0.1, 0.15) is 0 Å². The summed E-state index contributed by atoms with van der Waals surface area (Å²) in [6.45, 7) is 11.0. The van der Waals surface area contributed by atoms with E-state index in [0.717, 1.165) is 19.5 Å². The number of hydrogen-bond donors (Lipinski definition) is 2. The first kappa shape index (κ1) is 14.5. The molecule has 1 aliphatic heterocycles. The minimum Gasteiger partial charge on any atom is -0.350 e. The molecule has 1 amide bonds. The number of rotatable bonds is 6. The summed E-state index contributed by atoms with van der Waals surface area (Å²) in [7, 11) is 0. The highest BCUT2D eigenvalue weighted by Gasteiger charge is 2.13. The van der Waals surface area contributed by atoms with E-state index in [4.69, 9.17) is 0 Å². The number of carbonyl (C=O) groups excluding carboxylic acids is 1. The second-order valence-electron chi connectivity index (χ2n) is 5.88. The molecule has 0 aromatic carbocycles. The van der Waals surface area contributed by atoms with E-state index in [1.165, 1.54) is 25.9 Å². The van der Waals surface area contributed by atoms with Gasteiger partial charge < -0.3 is 15.5 Å². The summed E-state index contributed by atoms with van der Waals surface area (Å²) < 4.78 is 0. The van der Waals surface area contributed by atoms with Crippen LogP contribution in [0.3, 0.4) is 0 Å². The van der Waals surface area contributed by atoms with Gasteiger partial charge in [-0.05, 0) is 66.2 Å². The Bertz CT molecular complexity index is 229. The maximum absolute atomic E-state index is 11.5. The fourth-order valence-corrected chi connectivity index (χ4v) is 2.10. The molecule has 0 spiro atoms. The van der Waals surface area contributed by atoms with Gasteiger partial charge in [-0.15, -0.1) is 0 Å². The summed E-state index contributed by atoms with van der Waals surface area (Å²) in [5.41, 5.74) is -0.131. The molecule has 0 radical (unpaired) electrons. The lowest BCUT2D eigenvalue weighted by molar-refractivity contribution is -0.121. The van der Waals surface area contributed by atoms with Crippen LogP contribution in [-0.4, -0.2) is 49.1 Å². The Morgan fingerprint density at radius 2 is 1.88 bits per heavy atom. The molecule has 0 aromatic rings. The van der Waals surface area contributed by atoms with Gasteiger partial charge in [0.25, 0.3) is 0 Å². The number of nitrogens with one attached hydrogen (secondary N) is 2. The zero-order valence-electron chi connectivity index (χ0n) is 11.5. The number of amides is 1. The summed E-state index contributed by atoms with van der Waals surface area (Å²) >= 11 is 0. The lowest BCUT2D eigenvalue weighted by Gasteiger charge is -2.20. The lowest BCUT2D eigenvalue weighted by atomic mass is 10.1. The van der Waals surface area contributed by atoms with Gasteiger partial charge in [0, 0.05) is 5.54 Å². The van der Waals surface area contributed by atoms with Crippen molar-refractivity contribution in [1.29, 1.82) is 0 Å². The highest BCUT2D eigenvalue weighted by molar-refractivity contribution is 5.78. The van der Waals surface area contributed by atoms with Gasteiger partial charge in [0.2, 0.25) is 5.91 Å². The average molecular weight is 241 g/mol. The Morgan fingerprint density at radius 3 is 2.47 bits per heavy atom. The molecule has 100 valence electrons. The summed E-state index contributed by atoms with van der Waals surface area (Å²) in [4.78, 5) is 14.0. The number of carbonyl (C=O) groups is 1. The molecule has 0 aliphatic carbocycles. The van der Waals surface area contributed by atoms with Gasteiger partial charge >= 0.3 is 0 Å². The van der Waals surface area contributed by atoms with Gasteiger partial charge in [-0.3, -0.25) is 4.79 Å². The first-order chi connectivity index (χ1) is 7.97. The zero-order chi connectivity index (χ0) is 12.7. The van der Waals surface area contributed by atoms with Crippen molar-refractivity contribution in [2.75, 3.05) is 32.7 Å². The third kappa shape index (κ3) is 7.34. The Balaban J connectivity index is 1.94. The molecule has 2 N–H and O–H groups in total. The number of hydrogen-bond acceptors (Lipinski definition) is 3. The first-order valence-corrected chi connectivity index (χ1v) is 6.71. The van der Waals surface area contributed by atoms with Crippen molar-refractivity contribution in [3.63, 3.8) is 0 Å². The molecule has 1 fully saturated rings. The number of nitrogens with zero attached hydrogens (tertiary/aromatic N) is 1. The highest BCUT2D eigenvalue weighted by atomic mass is 16.2. The third-order valence-electron chi connectivity index (χ3n) is 2.83. The summed E-state index contributed by atoms with van der Waals surface area (Å²) in [6.07, 6.45) is 3.83. The maximum atomic E-state index is 11.5. The summed E-state index contributed by atoms with van der Waals surface area (Å²) in [6, 6.07) is 0. The van der Waals surface area contributed by atoms with Gasteiger partial charge in [-0.2, -0.15) is 0 Å². The van der Waals surface area contributed by atoms with E-state index >= 15 is 0 Å². The van der Waals surface area contributed by atoms with Crippen LogP contribution in [0.25, 0.3) is 0 Å². The van der Waals surface area contributed by atoms with Gasteiger partial charge in [0.05, 0.1) is 6.54 Å². The lowest BCUT2D eigenvalue weighted by Crippen LogP contribution is -2.45. The van der Waals surface area contributed by atoms with Crippen molar-refractivity contribution < 1.29 is 4.79 Å². The van der Waals surface area contributed by atoms with Crippen molar-refractivity contribution >= 4 is 5.91 Å². The van der Waals surface area contributed by atoms with Crippen molar-refractivity contribution in [2.24, 2.45) is 0 Å². The predicted octanol–water partition coefficient (Wildman–Crippen LogP) is 0.977. The van der Waals surface area contributed by atoms with Crippen LogP contribution in [0.2, 0.25) is 0 Å². The normalized spacial score (nSPS) is 17.4.